The Morgan fingerprint density at radius 3 is 2.52 bits per heavy atom. The number of aryl methyl sites for hydroxylation is 1. The Hall–Kier alpha value is -2.08. The quantitative estimate of drug-likeness (QED) is 0.783. The molecule has 0 saturated carbocycles. The molecule has 0 N–H and O–H groups in total. The van der Waals surface area contributed by atoms with Gasteiger partial charge in [0.25, 0.3) is 0 Å². The molecule has 2 atom stereocenters. The van der Waals surface area contributed by atoms with E-state index < -0.39 is 12.0 Å². The smallest absolute Gasteiger partial charge is 0.338 e. The zero-order valence-electron chi connectivity index (χ0n) is 13.5. The summed E-state index contributed by atoms with van der Waals surface area (Å²) in [7, 11) is 1.34. The predicted molar refractivity (Wildman–Crippen MR) is 90.0 cm³/mol. The van der Waals surface area contributed by atoms with Gasteiger partial charge in [0.1, 0.15) is 0 Å². The van der Waals surface area contributed by atoms with E-state index >= 15 is 0 Å². The van der Waals surface area contributed by atoms with Gasteiger partial charge in [-0.1, -0.05) is 41.6 Å². The van der Waals surface area contributed by atoms with Crippen LogP contribution in [0.5, 0.6) is 0 Å². The van der Waals surface area contributed by atoms with Gasteiger partial charge in [-0.3, -0.25) is 9.69 Å². The third-order valence-electron chi connectivity index (χ3n) is 4.06. The summed E-state index contributed by atoms with van der Waals surface area (Å²) >= 11 is 1.42. The summed E-state index contributed by atoms with van der Waals surface area (Å²) in [5.41, 5.74) is 3.02. The first kappa shape index (κ1) is 15.8. The zero-order chi connectivity index (χ0) is 16.7. The molecule has 2 aliphatic rings. The van der Waals surface area contributed by atoms with Crippen LogP contribution < -0.4 is 0 Å². The minimum atomic E-state index is -0.486. The molecule has 6 heteroatoms. The van der Waals surface area contributed by atoms with E-state index in [1.54, 1.807) is 11.8 Å². The lowest BCUT2D eigenvalue weighted by Gasteiger charge is -2.32. The fraction of sp³-hybridized carbons (Fsp3) is 0.353. The Kier molecular flexibility index (Phi) is 4.02. The van der Waals surface area contributed by atoms with Crippen molar-refractivity contribution in [2.75, 3.05) is 7.11 Å². The second-order valence-electron chi connectivity index (χ2n) is 5.67. The third kappa shape index (κ3) is 2.57. The van der Waals surface area contributed by atoms with Gasteiger partial charge in [-0.05, 0) is 26.3 Å². The first-order chi connectivity index (χ1) is 10.9. The number of thioether (sulfide) groups is 1. The molecule has 0 aromatic heterocycles. The lowest BCUT2D eigenvalue weighted by molar-refractivity contribution is -0.137. The number of nitrogens with zero attached hydrogens (tertiary/aromatic N) is 2. The standard InChI is InChI=1S/C17H18N2O3S/c1-9-5-7-12(8-6-9)14-13(16(21)22-4)10(2)18-17-19(14)15(20)11(3)23-17/h5-8,11,14H,1-4H3/t11-,14+/m0/s1. The van der Waals surface area contributed by atoms with Crippen molar-refractivity contribution < 1.29 is 14.3 Å². The summed E-state index contributed by atoms with van der Waals surface area (Å²) in [6, 6.07) is 7.35. The Balaban J connectivity index is 2.17. The molecule has 2 aliphatic heterocycles. The maximum Gasteiger partial charge on any atom is 0.338 e. The highest BCUT2D eigenvalue weighted by atomic mass is 32.2. The first-order valence-corrected chi connectivity index (χ1v) is 8.26. The van der Waals surface area contributed by atoms with Crippen LogP contribution in [0.3, 0.4) is 0 Å². The van der Waals surface area contributed by atoms with Gasteiger partial charge in [0, 0.05) is 0 Å². The van der Waals surface area contributed by atoms with Gasteiger partial charge in [-0.15, -0.1) is 0 Å². The Bertz CT molecular complexity index is 737. The van der Waals surface area contributed by atoms with Gasteiger partial charge in [-0.25, -0.2) is 9.79 Å². The van der Waals surface area contributed by atoms with Crippen molar-refractivity contribution in [1.29, 1.82) is 0 Å². The number of methoxy groups -OCH3 is 1. The second-order valence-corrected chi connectivity index (χ2v) is 6.97. The average molecular weight is 330 g/mol. The highest BCUT2D eigenvalue weighted by Gasteiger charge is 2.46. The summed E-state index contributed by atoms with van der Waals surface area (Å²) in [4.78, 5) is 31.0. The van der Waals surface area contributed by atoms with Gasteiger partial charge >= 0.3 is 5.97 Å². The molecule has 0 unspecified atom stereocenters. The SMILES string of the molecule is COC(=O)C1=C(C)N=C2S[C@@H](C)C(=O)N2[C@@H]1c1ccc(C)cc1. The number of benzene rings is 1. The number of amides is 1. The molecule has 1 fully saturated rings. The largest absolute Gasteiger partial charge is 0.466 e. The summed E-state index contributed by atoms with van der Waals surface area (Å²) in [6.45, 7) is 5.64. The highest BCUT2D eigenvalue weighted by molar-refractivity contribution is 8.15. The van der Waals surface area contributed by atoms with Crippen LogP contribution >= 0.6 is 11.8 Å². The van der Waals surface area contributed by atoms with E-state index in [2.05, 4.69) is 4.99 Å². The van der Waals surface area contributed by atoms with E-state index in [9.17, 15) is 9.59 Å². The maximum absolute atomic E-state index is 12.6. The number of carbonyl (C=O) groups is 2. The van der Waals surface area contributed by atoms with Crippen molar-refractivity contribution in [2.45, 2.75) is 32.1 Å². The molecule has 0 radical (unpaired) electrons. The summed E-state index contributed by atoms with van der Waals surface area (Å²) in [6.07, 6.45) is 0. The van der Waals surface area contributed by atoms with Gasteiger partial charge in [-0.2, -0.15) is 0 Å². The number of esters is 1. The molecule has 0 aliphatic carbocycles. The Labute approximate surface area is 139 Å². The molecule has 0 spiro atoms. The normalized spacial score (nSPS) is 23.7. The molecule has 1 saturated heterocycles. The van der Waals surface area contributed by atoms with Crippen molar-refractivity contribution in [3.8, 4) is 0 Å². The van der Waals surface area contributed by atoms with Crippen LogP contribution in [0.2, 0.25) is 0 Å². The van der Waals surface area contributed by atoms with Crippen molar-refractivity contribution in [3.63, 3.8) is 0 Å². The van der Waals surface area contributed by atoms with Crippen LogP contribution in [-0.4, -0.2) is 34.3 Å². The van der Waals surface area contributed by atoms with Gasteiger partial charge in [0.15, 0.2) is 5.17 Å². The third-order valence-corrected chi connectivity index (χ3v) is 5.11. The predicted octanol–water partition coefficient (Wildman–Crippen LogP) is 2.82. The van der Waals surface area contributed by atoms with E-state index in [-0.39, 0.29) is 11.2 Å². The van der Waals surface area contributed by atoms with Crippen LogP contribution in [0, 0.1) is 6.92 Å². The number of fused-ring (bicyclic) bond motifs is 1. The van der Waals surface area contributed by atoms with Crippen molar-refractivity contribution in [1.82, 2.24) is 4.90 Å². The number of allylic oxidation sites excluding steroid dienone is 1. The molecular formula is C17H18N2O3S. The molecule has 1 amide bonds. The van der Waals surface area contributed by atoms with E-state index in [1.807, 2.05) is 38.1 Å². The average Bonchev–Trinajstić information content (AvgIpc) is 2.80. The number of amidine groups is 1. The molecule has 120 valence electrons. The Morgan fingerprint density at radius 1 is 1.26 bits per heavy atom. The van der Waals surface area contributed by atoms with Crippen LogP contribution in [0.25, 0.3) is 0 Å². The Morgan fingerprint density at radius 2 is 1.91 bits per heavy atom. The lowest BCUT2D eigenvalue weighted by Crippen LogP contribution is -2.40. The van der Waals surface area contributed by atoms with Crippen LogP contribution in [0.4, 0.5) is 0 Å². The number of carbonyl (C=O) groups excluding carboxylic acids is 2. The van der Waals surface area contributed by atoms with Crippen LogP contribution in [0.15, 0.2) is 40.5 Å². The van der Waals surface area contributed by atoms with Crippen LogP contribution in [0.1, 0.15) is 31.0 Å². The molecule has 23 heavy (non-hydrogen) atoms. The fourth-order valence-corrected chi connectivity index (χ4v) is 3.87. The second kappa shape index (κ2) is 5.85. The molecule has 1 aromatic rings. The first-order valence-electron chi connectivity index (χ1n) is 7.38. The summed E-state index contributed by atoms with van der Waals surface area (Å²) in [5.74, 6) is -0.485. The molecule has 1 aromatic carbocycles. The van der Waals surface area contributed by atoms with Crippen LogP contribution in [-0.2, 0) is 14.3 Å². The lowest BCUT2D eigenvalue weighted by atomic mass is 9.94. The van der Waals surface area contributed by atoms with Crippen molar-refractivity contribution in [3.05, 3.63) is 46.7 Å². The summed E-state index contributed by atoms with van der Waals surface area (Å²) in [5, 5.41) is 0.449. The number of hydrogen-bond acceptors (Lipinski definition) is 5. The van der Waals surface area contributed by atoms with E-state index in [0.29, 0.717) is 16.4 Å². The van der Waals surface area contributed by atoms with Crippen molar-refractivity contribution >= 4 is 28.8 Å². The molecule has 3 rings (SSSR count). The van der Waals surface area contributed by atoms with Gasteiger partial charge < -0.3 is 4.74 Å². The van der Waals surface area contributed by atoms with Gasteiger partial charge in [0.2, 0.25) is 5.91 Å². The summed E-state index contributed by atoms with van der Waals surface area (Å²) < 4.78 is 4.94. The molecule has 5 nitrogen and oxygen atoms in total. The topological polar surface area (TPSA) is 59.0 Å². The van der Waals surface area contributed by atoms with Gasteiger partial charge in [0.05, 0.1) is 29.7 Å². The fourth-order valence-electron chi connectivity index (χ4n) is 2.84. The van der Waals surface area contributed by atoms with E-state index in [0.717, 1.165) is 11.1 Å². The highest BCUT2D eigenvalue weighted by Crippen LogP contribution is 2.43. The number of hydrogen-bond donors (Lipinski definition) is 0. The number of aliphatic imine (C=N–C) groups is 1. The minimum Gasteiger partial charge on any atom is -0.466 e. The number of rotatable bonds is 2. The molecular weight excluding hydrogens is 312 g/mol. The number of ether oxygens (including phenoxy) is 1. The monoisotopic (exact) mass is 330 g/mol. The maximum atomic E-state index is 12.6. The molecule has 0 bridgehead atoms. The van der Waals surface area contributed by atoms with E-state index in [4.69, 9.17) is 4.74 Å². The minimum absolute atomic E-state index is 0.0340. The molecule has 2 heterocycles. The zero-order valence-corrected chi connectivity index (χ0v) is 14.3. The van der Waals surface area contributed by atoms with Crippen molar-refractivity contribution in [2.24, 2.45) is 4.99 Å². The van der Waals surface area contributed by atoms with E-state index in [1.165, 1.54) is 18.9 Å².